The number of piperazine rings is 1. The maximum Gasteiger partial charge on any atom is 0.231 e. The highest BCUT2D eigenvalue weighted by molar-refractivity contribution is 5.50. The highest BCUT2D eigenvalue weighted by Gasteiger charge is 2.40. The van der Waals surface area contributed by atoms with E-state index in [2.05, 4.69) is 40.1 Å². The number of hydrogen-bond acceptors (Lipinski definition) is 5. The Balaban J connectivity index is 1.16. The minimum absolute atomic E-state index is 0.248. The minimum Gasteiger partial charge on any atom is -0.454 e. The van der Waals surface area contributed by atoms with Crippen LogP contribution in [0.4, 0.5) is 0 Å². The second-order valence-electron chi connectivity index (χ2n) is 8.60. The number of para-hydroxylation sites is 1. The first-order chi connectivity index (χ1) is 14.2. The Morgan fingerprint density at radius 3 is 2.41 bits per heavy atom. The molecule has 0 radical (unpaired) electrons. The average molecular weight is 395 g/mol. The van der Waals surface area contributed by atoms with Crippen LogP contribution in [0.2, 0.25) is 0 Å². The summed E-state index contributed by atoms with van der Waals surface area (Å²) in [7, 11) is 0. The molecule has 1 saturated carbocycles. The number of rotatable bonds is 4. The number of fused-ring (bicyclic) bond motifs is 1. The standard InChI is InChI=1S/C24H30N2O3/c27-24(21-7-4-8-22-23(21)29-18-28-22)11-9-20(10-12-24)26-15-13-25(14-16-26)17-19-5-2-1-3-6-19/h1-8,20,27H,9-18H2. The Kier molecular flexibility index (Phi) is 5.20. The monoisotopic (exact) mass is 394 g/mol. The van der Waals surface area contributed by atoms with Crippen molar-refractivity contribution < 1.29 is 14.6 Å². The Hall–Kier alpha value is -2.08. The molecule has 2 aliphatic heterocycles. The third-order valence-corrected chi connectivity index (χ3v) is 6.85. The first kappa shape index (κ1) is 18.9. The lowest BCUT2D eigenvalue weighted by atomic mass is 9.76. The lowest BCUT2D eigenvalue weighted by Crippen LogP contribution is -2.51. The van der Waals surface area contributed by atoms with Gasteiger partial charge in [-0.25, -0.2) is 0 Å². The van der Waals surface area contributed by atoms with Gasteiger partial charge in [-0.3, -0.25) is 9.80 Å². The maximum absolute atomic E-state index is 11.4. The van der Waals surface area contributed by atoms with Gasteiger partial charge in [0.25, 0.3) is 0 Å². The molecule has 0 spiro atoms. The number of hydrogen-bond donors (Lipinski definition) is 1. The summed E-state index contributed by atoms with van der Waals surface area (Å²) in [4.78, 5) is 5.19. The van der Waals surface area contributed by atoms with Gasteiger partial charge in [0, 0.05) is 44.3 Å². The number of aliphatic hydroxyl groups is 1. The highest BCUT2D eigenvalue weighted by atomic mass is 16.7. The molecule has 2 heterocycles. The SMILES string of the molecule is OC1(c2cccc3c2OCO3)CCC(N2CCN(Cc3ccccc3)CC2)CC1. The maximum atomic E-state index is 11.4. The van der Waals surface area contributed by atoms with Crippen LogP contribution in [-0.4, -0.2) is 53.9 Å². The molecule has 3 aliphatic rings. The largest absolute Gasteiger partial charge is 0.454 e. The van der Waals surface area contributed by atoms with E-state index in [9.17, 15) is 5.11 Å². The third kappa shape index (κ3) is 3.87. The predicted octanol–water partition coefficient (Wildman–Crippen LogP) is 3.36. The second kappa shape index (κ2) is 7.98. The zero-order chi connectivity index (χ0) is 19.7. The Morgan fingerprint density at radius 1 is 0.897 bits per heavy atom. The van der Waals surface area contributed by atoms with E-state index in [4.69, 9.17) is 9.47 Å². The van der Waals surface area contributed by atoms with E-state index in [0.717, 1.165) is 75.5 Å². The molecule has 0 unspecified atom stereocenters. The smallest absolute Gasteiger partial charge is 0.231 e. The van der Waals surface area contributed by atoms with E-state index in [0.29, 0.717) is 6.04 Å². The molecule has 2 fully saturated rings. The lowest BCUT2D eigenvalue weighted by molar-refractivity contribution is -0.0334. The molecule has 2 aromatic rings. The summed E-state index contributed by atoms with van der Waals surface area (Å²) in [6, 6.07) is 17.2. The Morgan fingerprint density at radius 2 is 1.66 bits per heavy atom. The highest BCUT2D eigenvalue weighted by Crippen LogP contribution is 2.46. The van der Waals surface area contributed by atoms with E-state index in [1.807, 2.05) is 18.2 Å². The van der Waals surface area contributed by atoms with Crippen LogP contribution >= 0.6 is 0 Å². The van der Waals surface area contributed by atoms with Gasteiger partial charge in [-0.05, 0) is 37.3 Å². The summed E-state index contributed by atoms with van der Waals surface area (Å²) >= 11 is 0. The average Bonchev–Trinajstić information content (AvgIpc) is 3.25. The zero-order valence-electron chi connectivity index (χ0n) is 16.9. The van der Waals surface area contributed by atoms with Crippen LogP contribution in [0, 0.1) is 0 Å². The minimum atomic E-state index is -0.801. The molecule has 0 atom stereocenters. The molecular formula is C24H30N2O3. The van der Waals surface area contributed by atoms with Crippen molar-refractivity contribution in [3.63, 3.8) is 0 Å². The van der Waals surface area contributed by atoms with Crippen molar-refractivity contribution in [2.45, 2.75) is 43.9 Å². The molecule has 1 saturated heterocycles. The Labute approximate surface area is 172 Å². The summed E-state index contributed by atoms with van der Waals surface area (Å²) in [6.45, 7) is 5.76. The van der Waals surface area contributed by atoms with Crippen LogP contribution in [0.1, 0.15) is 36.8 Å². The van der Waals surface area contributed by atoms with Crippen molar-refractivity contribution in [2.24, 2.45) is 0 Å². The predicted molar refractivity (Wildman–Crippen MR) is 112 cm³/mol. The van der Waals surface area contributed by atoms with Gasteiger partial charge in [0.05, 0.1) is 5.60 Å². The van der Waals surface area contributed by atoms with E-state index in [1.54, 1.807) is 0 Å². The van der Waals surface area contributed by atoms with Crippen molar-refractivity contribution in [3.8, 4) is 11.5 Å². The summed E-state index contributed by atoms with van der Waals surface area (Å²) in [5, 5.41) is 11.4. The van der Waals surface area contributed by atoms with Gasteiger partial charge in [0.15, 0.2) is 11.5 Å². The van der Waals surface area contributed by atoms with Gasteiger partial charge in [0.1, 0.15) is 0 Å². The molecule has 5 nitrogen and oxygen atoms in total. The summed E-state index contributed by atoms with van der Waals surface area (Å²) in [5.41, 5.74) is 1.49. The van der Waals surface area contributed by atoms with Gasteiger partial charge in [-0.1, -0.05) is 42.5 Å². The number of nitrogens with zero attached hydrogens (tertiary/aromatic N) is 2. The van der Waals surface area contributed by atoms with Crippen LogP contribution in [-0.2, 0) is 12.1 Å². The second-order valence-corrected chi connectivity index (χ2v) is 8.60. The molecule has 29 heavy (non-hydrogen) atoms. The van der Waals surface area contributed by atoms with Gasteiger partial charge < -0.3 is 14.6 Å². The fraction of sp³-hybridized carbons (Fsp3) is 0.500. The van der Waals surface area contributed by atoms with E-state index < -0.39 is 5.60 Å². The molecule has 0 amide bonds. The van der Waals surface area contributed by atoms with Crippen LogP contribution in [0.5, 0.6) is 11.5 Å². The van der Waals surface area contributed by atoms with Crippen LogP contribution in [0.25, 0.3) is 0 Å². The van der Waals surface area contributed by atoms with E-state index in [1.165, 1.54) is 5.56 Å². The molecule has 5 heteroatoms. The molecule has 1 N–H and O–H groups in total. The molecule has 1 aliphatic carbocycles. The fourth-order valence-corrected chi connectivity index (χ4v) is 5.14. The molecule has 5 rings (SSSR count). The molecule has 154 valence electrons. The van der Waals surface area contributed by atoms with Gasteiger partial charge in [0.2, 0.25) is 6.79 Å². The Bertz CT molecular complexity index is 825. The first-order valence-electron chi connectivity index (χ1n) is 10.8. The van der Waals surface area contributed by atoms with Crippen molar-refractivity contribution >= 4 is 0 Å². The van der Waals surface area contributed by atoms with Crippen molar-refractivity contribution in [3.05, 3.63) is 59.7 Å². The normalized spacial score (nSPS) is 27.8. The first-order valence-corrected chi connectivity index (χ1v) is 10.8. The molecule has 0 bridgehead atoms. The topological polar surface area (TPSA) is 45.2 Å². The van der Waals surface area contributed by atoms with Crippen molar-refractivity contribution in [2.75, 3.05) is 33.0 Å². The van der Waals surface area contributed by atoms with Crippen molar-refractivity contribution in [1.82, 2.24) is 9.80 Å². The number of benzene rings is 2. The van der Waals surface area contributed by atoms with Gasteiger partial charge in [-0.2, -0.15) is 0 Å². The summed E-state index contributed by atoms with van der Waals surface area (Å²) < 4.78 is 11.2. The summed E-state index contributed by atoms with van der Waals surface area (Å²) in [5.74, 6) is 1.50. The zero-order valence-corrected chi connectivity index (χ0v) is 16.9. The fourth-order valence-electron chi connectivity index (χ4n) is 5.14. The van der Waals surface area contributed by atoms with Gasteiger partial charge >= 0.3 is 0 Å². The van der Waals surface area contributed by atoms with Crippen LogP contribution in [0.3, 0.4) is 0 Å². The quantitative estimate of drug-likeness (QED) is 0.862. The summed E-state index contributed by atoms with van der Waals surface area (Å²) in [6.07, 6.45) is 3.61. The third-order valence-electron chi connectivity index (χ3n) is 6.85. The van der Waals surface area contributed by atoms with E-state index >= 15 is 0 Å². The lowest BCUT2D eigenvalue weighted by Gasteiger charge is -2.44. The molecule has 0 aromatic heterocycles. The van der Waals surface area contributed by atoms with Crippen LogP contribution < -0.4 is 9.47 Å². The number of ether oxygens (including phenoxy) is 2. The van der Waals surface area contributed by atoms with Crippen molar-refractivity contribution in [1.29, 1.82) is 0 Å². The van der Waals surface area contributed by atoms with Crippen LogP contribution in [0.15, 0.2) is 48.5 Å². The molecular weight excluding hydrogens is 364 g/mol. The van der Waals surface area contributed by atoms with Gasteiger partial charge in [-0.15, -0.1) is 0 Å². The molecule has 2 aromatic carbocycles. The van der Waals surface area contributed by atoms with E-state index in [-0.39, 0.29) is 6.79 Å².